The Morgan fingerprint density at radius 2 is 2.12 bits per heavy atom. The van der Waals surface area contributed by atoms with E-state index in [1.807, 2.05) is 17.9 Å². The third-order valence-corrected chi connectivity index (χ3v) is 3.03. The Labute approximate surface area is 98.4 Å². The van der Waals surface area contributed by atoms with Gasteiger partial charge in [0.15, 0.2) is 0 Å². The third kappa shape index (κ3) is 3.32. The zero-order valence-corrected chi connectivity index (χ0v) is 11.1. The van der Waals surface area contributed by atoms with Crippen molar-refractivity contribution in [3.05, 3.63) is 17.5 Å². The third-order valence-electron chi connectivity index (χ3n) is 3.03. The number of hydrogen-bond acceptors (Lipinski definition) is 3. The van der Waals surface area contributed by atoms with Crippen LogP contribution >= 0.6 is 0 Å². The molecule has 0 atom stereocenters. The number of aryl methyl sites for hydroxylation is 1. The predicted octanol–water partition coefficient (Wildman–Crippen LogP) is 1.15. The van der Waals surface area contributed by atoms with E-state index in [9.17, 15) is 0 Å². The monoisotopic (exact) mass is 224 g/mol. The van der Waals surface area contributed by atoms with E-state index in [1.54, 1.807) is 0 Å². The maximum atomic E-state index is 5.74. The largest absolute Gasteiger partial charge is 0.330 e. The van der Waals surface area contributed by atoms with E-state index in [1.165, 1.54) is 11.3 Å². The standard InChI is InChI=1S/C12H24N4/c1-10-11(6-14-16(10)5)7-15(4)9-12(2,3)8-13/h6H,7-9,13H2,1-5H3. The molecular weight excluding hydrogens is 200 g/mol. The van der Waals surface area contributed by atoms with Crippen molar-refractivity contribution < 1.29 is 0 Å². The van der Waals surface area contributed by atoms with Crippen LogP contribution in [0.5, 0.6) is 0 Å². The Bertz CT molecular complexity index is 341. The summed E-state index contributed by atoms with van der Waals surface area (Å²) in [6.07, 6.45) is 1.95. The van der Waals surface area contributed by atoms with Gasteiger partial charge in [-0.2, -0.15) is 5.10 Å². The lowest BCUT2D eigenvalue weighted by atomic mass is 9.93. The van der Waals surface area contributed by atoms with Gasteiger partial charge in [0.2, 0.25) is 0 Å². The smallest absolute Gasteiger partial charge is 0.0537 e. The summed E-state index contributed by atoms with van der Waals surface area (Å²) in [6.45, 7) is 9.13. The number of aromatic nitrogens is 2. The van der Waals surface area contributed by atoms with Crippen molar-refractivity contribution in [3.8, 4) is 0 Å². The minimum atomic E-state index is 0.171. The maximum absolute atomic E-state index is 5.74. The van der Waals surface area contributed by atoms with Crippen LogP contribution in [0.1, 0.15) is 25.1 Å². The number of hydrogen-bond donors (Lipinski definition) is 1. The lowest BCUT2D eigenvalue weighted by Gasteiger charge is -2.28. The van der Waals surface area contributed by atoms with Crippen LogP contribution in [0.15, 0.2) is 6.20 Å². The number of nitrogens with two attached hydrogens (primary N) is 1. The molecule has 0 spiro atoms. The molecule has 0 aliphatic carbocycles. The van der Waals surface area contributed by atoms with Gasteiger partial charge in [0.05, 0.1) is 6.20 Å². The Balaban J connectivity index is 2.58. The Morgan fingerprint density at radius 1 is 1.50 bits per heavy atom. The summed E-state index contributed by atoms with van der Waals surface area (Å²) in [5.74, 6) is 0. The van der Waals surface area contributed by atoms with Crippen molar-refractivity contribution in [3.63, 3.8) is 0 Å². The van der Waals surface area contributed by atoms with Crippen LogP contribution in [0.3, 0.4) is 0 Å². The fraction of sp³-hybridized carbons (Fsp3) is 0.750. The predicted molar refractivity (Wildman–Crippen MR) is 67.1 cm³/mol. The molecule has 1 aromatic rings. The molecule has 92 valence electrons. The Kier molecular flexibility index (Phi) is 4.10. The maximum Gasteiger partial charge on any atom is 0.0537 e. The van der Waals surface area contributed by atoms with Crippen molar-refractivity contribution in [2.75, 3.05) is 20.1 Å². The summed E-state index contributed by atoms with van der Waals surface area (Å²) >= 11 is 0. The minimum absolute atomic E-state index is 0.171. The van der Waals surface area contributed by atoms with Gasteiger partial charge >= 0.3 is 0 Å². The molecule has 0 saturated heterocycles. The molecule has 0 fully saturated rings. The van der Waals surface area contributed by atoms with Gasteiger partial charge in [0, 0.05) is 31.4 Å². The van der Waals surface area contributed by atoms with Crippen LogP contribution in [-0.4, -0.2) is 34.8 Å². The highest BCUT2D eigenvalue weighted by molar-refractivity contribution is 5.15. The molecule has 0 aromatic carbocycles. The van der Waals surface area contributed by atoms with Gasteiger partial charge in [0.25, 0.3) is 0 Å². The average molecular weight is 224 g/mol. The lowest BCUT2D eigenvalue weighted by molar-refractivity contribution is 0.209. The second-order valence-electron chi connectivity index (χ2n) is 5.42. The van der Waals surface area contributed by atoms with Crippen LogP contribution in [0.4, 0.5) is 0 Å². The summed E-state index contributed by atoms with van der Waals surface area (Å²) in [4.78, 5) is 2.30. The zero-order valence-electron chi connectivity index (χ0n) is 11.1. The molecule has 1 heterocycles. The van der Waals surface area contributed by atoms with E-state index in [0.717, 1.165) is 13.1 Å². The molecule has 0 aliphatic heterocycles. The van der Waals surface area contributed by atoms with Crippen LogP contribution in [0, 0.1) is 12.3 Å². The Hall–Kier alpha value is -0.870. The van der Waals surface area contributed by atoms with Gasteiger partial charge in [-0.15, -0.1) is 0 Å². The van der Waals surface area contributed by atoms with Gasteiger partial charge in [-0.1, -0.05) is 13.8 Å². The first-order valence-electron chi connectivity index (χ1n) is 5.72. The van der Waals surface area contributed by atoms with E-state index in [2.05, 4.69) is 37.8 Å². The van der Waals surface area contributed by atoms with Gasteiger partial charge < -0.3 is 10.6 Å². The molecule has 0 amide bonds. The van der Waals surface area contributed by atoms with E-state index in [0.29, 0.717) is 6.54 Å². The Morgan fingerprint density at radius 3 is 2.56 bits per heavy atom. The molecule has 1 aromatic heterocycles. The molecule has 0 bridgehead atoms. The topological polar surface area (TPSA) is 47.1 Å². The normalized spacial score (nSPS) is 12.4. The first kappa shape index (κ1) is 13.2. The molecular formula is C12H24N4. The summed E-state index contributed by atoms with van der Waals surface area (Å²) in [5.41, 5.74) is 8.43. The highest BCUT2D eigenvalue weighted by Gasteiger charge is 2.18. The number of nitrogens with zero attached hydrogens (tertiary/aromatic N) is 3. The summed E-state index contributed by atoms with van der Waals surface area (Å²) in [5, 5.41) is 4.25. The summed E-state index contributed by atoms with van der Waals surface area (Å²) in [7, 11) is 4.10. The lowest BCUT2D eigenvalue weighted by Crippen LogP contribution is -2.36. The highest BCUT2D eigenvalue weighted by Crippen LogP contribution is 2.16. The van der Waals surface area contributed by atoms with Crippen LogP contribution in [0.25, 0.3) is 0 Å². The van der Waals surface area contributed by atoms with Crippen LogP contribution in [0.2, 0.25) is 0 Å². The van der Waals surface area contributed by atoms with Gasteiger partial charge in [0.1, 0.15) is 0 Å². The first-order valence-corrected chi connectivity index (χ1v) is 5.72. The van der Waals surface area contributed by atoms with E-state index >= 15 is 0 Å². The minimum Gasteiger partial charge on any atom is -0.330 e. The van der Waals surface area contributed by atoms with E-state index < -0.39 is 0 Å². The van der Waals surface area contributed by atoms with Crippen molar-refractivity contribution in [2.24, 2.45) is 18.2 Å². The summed E-state index contributed by atoms with van der Waals surface area (Å²) < 4.78 is 1.91. The zero-order chi connectivity index (χ0) is 12.3. The second-order valence-corrected chi connectivity index (χ2v) is 5.42. The fourth-order valence-electron chi connectivity index (χ4n) is 1.84. The van der Waals surface area contributed by atoms with Crippen molar-refractivity contribution in [1.82, 2.24) is 14.7 Å². The molecule has 16 heavy (non-hydrogen) atoms. The van der Waals surface area contributed by atoms with Gasteiger partial charge in [-0.05, 0) is 25.9 Å². The molecule has 0 saturated carbocycles. The molecule has 4 nitrogen and oxygen atoms in total. The number of rotatable bonds is 5. The van der Waals surface area contributed by atoms with E-state index in [-0.39, 0.29) is 5.41 Å². The van der Waals surface area contributed by atoms with E-state index in [4.69, 9.17) is 5.73 Å². The van der Waals surface area contributed by atoms with Gasteiger partial charge in [-0.3, -0.25) is 4.68 Å². The molecule has 0 unspecified atom stereocenters. The second kappa shape index (κ2) is 4.97. The van der Waals surface area contributed by atoms with Crippen LogP contribution in [-0.2, 0) is 13.6 Å². The molecule has 2 N–H and O–H groups in total. The van der Waals surface area contributed by atoms with Crippen LogP contribution < -0.4 is 5.73 Å². The highest BCUT2D eigenvalue weighted by atomic mass is 15.3. The first-order chi connectivity index (χ1) is 7.35. The SMILES string of the molecule is Cc1c(CN(C)CC(C)(C)CN)cnn1C. The quantitative estimate of drug-likeness (QED) is 0.816. The van der Waals surface area contributed by atoms with Crippen molar-refractivity contribution >= 4 is 0 Å². The molecule has 0 radical (unpaired) electrons. The molecule has 1 rings (SSSR count). The average Bonchev–Trinajstić information content (AvgIpc) is 2.49. The molecule has 0 aliphatic rings. The van der Waals surface area contributed by atoms with Crippen molar-refractivity contribution in [1.29, 1.82) is 0 Å². The van der Waals surface area contributed by atoms with Crippen molar-refractivity contribution in [2.45, 2.75) is 27.3 Å². The molecule has 4 heteroatoms. The summed E-state index contributed by atoms with van der Waals surface area (Å²) in [6, 6.07) is 0. The van der Waals surface area contributed by atoms with Gasteiger partial charge in [-0.25, -0.2) is 0 Å². The fourth-order valence-corrected chi connectivity index (χ4v) is 1.84.